The van der Waals surface area contributed by atoms with Crippen LogP contribution >= 0.6 is 0 Å². The van der Waals surface area contributed by atoms with Crippen LogP contribution in [0.15, 0.2) is 53.6 Å². The highest BCUT2D eigenvalue weighted by atomic mass is 16.5. The number of benzene rings is 2. The summed E-state index contributed by atoms with van der Waals surface area (Å²) in [4.78, 5) is 35.2. The van der Waals surface area contributed by atoms with Gasteiger partial charge in [-0.1, -0.05) is 24.3 Å². The Labute approximate surface area is 168 Å². The summed E-state index contributed by atoms with van der Waals surface area (Å²) >= 11 is 0. The molecule has 3 rings (SSSR count). The molecular formula is C21H22N4O4. The summed E-state index contributed by atoms with van der Waals surface area (Å²) in [6.07, 6.45) is 3.19. The first-order valence-corrected chi connectivity index (χ1v) is 9.23. The van der Waals surface area contributed by atoms with E-state index < -0.39 is 11.8 Å². The molecule has 0 atom stereocenters. The van der Waals surface area contributed by atoms with Crippen molar-refractivity contribution < 1.29 is 19.1 Å². The second kappa shape index (κ2) is 9.50. The first kappa shape index (κ1) is 20.1. The molecule has 0 heterocycles. The molecule has 1 aliphatic carbocycles. The van der Waals surface area contributed by atoms with Gasteiger partial charge in [-0.15, -0.1) is 0 Å². The molecule has 0 saturated heterocycles. The van der Waals surface area contributed by atoms with Gasteiger partial charge in [0.25, 0.3) is 5.91 Å². The van der Waals surface area contributed by atoms with Crippen molar-refractivity contribution in [3.8, 4) is 5.75 Å². The van der Waals surface area contributed by atoms with Gasteiger partial charge in [0, 0.05) is 11.7 Å². The number of carbonyl (C=O) groups excluding carboxylic acids is 3. The SMILES string of the molecule is Cc1cccc(NC(=O)COc2cccc(/C=N\NC(=O)C(=O)NC3CC3)c2)c1. The average molecular weight is 394 g/mol. The van der Waals surface area contributed by atoms with E-state index >= 15 is 0 Å². The summed E-state index contributed by atoms with van der Waals surface area (Å²) in [5, 5.41) is 9.11. The number of rotatable bonds is 7. The van der Waals surface area contributed by atoms with E-state index in [0.29, 0.717) is 17.0 Å². The van der Waals surface area contributed by atoms with Gasteiger partial charge in [0.15, 0.2) is 6.61 Å². The van der Waals surface area contributed by atoms with Gasteiger partial charge in [-0.25, -0.2) is 5.43 Å². The lowest BCUT2D eigenvalue weighted by atomic mass is 10.2. The number of anilines is 1. The predicted molar refractivity (Wildman–Crippen MR) is 109 cm³/mol. The summed E-state index contributed by atoms with van der Waals surface area (Å²) in [5.74, 6) is -1.30. The van der Waals surface area contributed by atoms with Crippen LogP contribution in [0.5, 0.6) is 5.75 Å². The first-order chi connectivity index (χ1) is 14.0. The number of ether oxygens (including phenoxy) is 1. The molecule has 0 unspecified atom stereocenters. The summed E-state index contributed by atoms with van der Waals surface area (Å²) in [7, 11) is 0. The number of aryl methyl sites for hydroxylation is 1. The molecule has 0 aromatic heterocycles. The van der Waals surface area contributed by atoms with Crippen LogP contribution in [0, 0.1) is 6.92 Å². The van der Waals surface area contributed by atoms with Gasteiger partial charge in [0.05, 0.1) is 6.21 Å². The highest BCUT2D eigenvalue weighted by Gasteiger charge is 2.26. The standard InChI is InChI=1S/C21H22N4O4/c1-14-4-2-6-17(10-14)23-19(26)13-29-18-7-3-5-15(11-18)12-22-25-21(28)20(27)24-16-8-9-16/h2-7,10-12,16H,8-9,13H2,1H3,(H,23,26)(H,24,27)(H,25,28)/b22-12-. The Morgan fingerprint density at radius 1 is 1.10 bits per heavy atom. The number of hydrogen-bond acceptors (Lipinski definition) is 5. The van der Waals surface area contributed by atoms with Gasteiger partial charge in [0.2, 0.25) is 0 Å². The van der Waals surface area contributed by atoms with Gasteiger partial charge >= 0.3 is 11.8 Å². The number of hydrazone groups is 1. The number of hydrogen-bond donors (Lipinski definition) is 3. The minimum atomic E-state index is -0.812. The van der Waals surface area contributed by atoms with Crippen LogP contribution in [0.1, 0.15) is 24.0 Å². The van der Waals surface area contributed by atoms with Gasteiger partial charge < -0.3 is 15.4 Å². The molecule has 0 spiro atoms. The maximum atomic E-state index is 12.0. The summed E-state index contributed by atoms with van der Waals surface area (Å²) < 4.78 is 5.50. The largest absolute Gasteiger partial charge is 0.484 e. The van der Waals surface area contributed by atoms with Gasteiger partial charge in [-0.05, 0) is 55.2 Å². The van der Waals surface area contributed by atoms with Crippen LogP contribution in [-0.2, 0) is 14.4 Å². The molecule has 8 heteroatoms. The maximum Gasteiger partial charge on any atom is 0.329 e. The number of carbonyl (C=O) groups is 3. The fraction of sp³-hybridized carbons (Fsp3) is 0.238. The molecule has 2 aromatic rings. The zero-order chi connectivity index (χ0) is 20.6. The van der Waals surface area contributed by atoms with Crippen molar-refractivity contribution in [1.29, 1.82) is 0 Å². The fourth-order valence-corrected chi connectivity index (χ4v) is 2.45. The highest BCUT2D eigenvalue weighted by Crippen LogP contribution is 2.18. The molecule has 1 aliphatic rings. The van der Waals surface area contributed by atoms with Crippen LogP contribution in [0.3, 0.4) is 0 Å². The van der Waals surface area contributed by atoms with E-state index in [4.69, 9.17) is 4.74 Å². The van der Waals surface area contributed by atoms with Gasteiger partial charge in [0.1, 0.15) is 5.75 Å². The van der Waals surface area contributed by atoms with Crippen LogP contribution < -0.4 is 20.8 Å². The second-order valence-electron chi connectivity index (χ2n) is 6.73. The molecular weight excluding hydrogens is 372 g/mol. The van der Waals surface area contributed by atoms with E-state index in [-0.39, 0.29) is 18.6 Å². The second-order valence-corrected chi connectivity index (χ2v) is 6.73. The third-order valence-corrected chi connectivity index (χ3v) is 4.03. The minimum absolute atomic E-state index is 0.106. The van der Waals surface area contributed by atoms with Crippen LogP contribution in [0.25, 0.3) is 0 Å². The molecule has 1 fully saturated rings. The van der Waals surface area contributed by atoms with Gasteiger partial charge in [-0.3, -0.25) is 14.4 Å². The number of nitrogens with zero attached hydrogens (tertiary/aromatic N) is 1. The maximum absolute atomic E-state index is 12.0. The van der Waals surface area contributed by atoms with Crippen molar-refractivity contribution in [2.75, 3.05) is 11.9 Å². The normalized spacial score (nSPS) is 13.0. The molecule has 0 radical (unpaired) electrons. The molecule has 2 aromatic carbocycles. The van der Waals surface area contributed by atoms with Crippen LogP contribution in [0.2, 0.25) is 0 Å². The Morgan fingerprint density at radius 2 is 1.90 bits per heavy atom. The fourth-order valence-electron chi connectivity index (χ4n) is 2.45. The van der Waals surface area contributed by atoms with Gasteiger partial charge in [-0.2, -0.15) is 5.10 Å². The molecule has 0 bridgehead atoms. The molecule has 1 saturated carbocycles. The minimum Gasteiger partial charge on any atom is -0.484 e. The highest BCUT2D eigenvalue weighted by molar-refractivity contribution is 6.35. The Morgan fingerprint density at radius 3 is 2.66 bits per heavy atom. The lowest BCUT2D eigenvalue weighted by molar-refractivity contribution is -0.139. The van der Waals surface area contributed by atoms with Crippen molar-refractivity contribution in [1.82, 2.24) is 10.7 Å². The van der Waals surface area contributed by atoms with Crippen LogP contribution in [0.4, 0.5) is 5.69 Å². The Bertz CT molecular complexity index is 938. The molecule has 3 amide bonds. The molecule has 150 valence electrons. The predicted octanol–water partition coefficient (Wildman–Crippen LogP) is 1.74. The van der Waals surface area contributed by atoms with E-state index in [0.717, 1.165) is 18.4 Å². The zero-order valence-corrected chi connectivity index (χ0v) is 16.0. The Kier molecular flexibility index (Phi) is 6.57. The first-order valence-electron chi connectivity index (χ1n) is 9.23. The quantitative estimate of drug-likeness (QED) is 0.378. The van der Waals surface area contributed by atoms with E-state index in [1.54, 1.807) is 30.3 Å². The van der Waals surface area contributed by atoms with Crippen molar-refractivity contribution in [3.05, 3.63) is 59.7 Å². The molecule has 3 N–H and O–H groups in total. The van der Waals surface area contributed by atoms with E-state index in [1.807, 2.05) is 25.1 Å². The Balaban J connectivity index is 1.46. The summed E-state index contributed by atoms with van der Waals surface area (Å²) in [6, 6.07) is 14.4. The lowest BCUT2D eigenvalue weighted by Crippen LogP contribution is -2.38. The number of amides is 3. The number of nitrogens with one attached hydrogen (secondary N) is 3. The average Bonchev–Trinajstić information content (AvgIpc) is 3.50. The van der Waals surface area contributed by atoms with E-state index in [9.17, 15) is 14.4 Å². The van der Waals surface area contributed by atoms with E-state index in [1.165, 1.54) is 6.21 Å². The van der Waals surface area contributed by atoms with Crippen molar-refractivity contribution >= 4 is 29.6 Å². The third kappa shape index (κ3) is 6.76. The smallest absolute Gasteiger partial charge is 0.329 e. The third-order valence-electron chi connectivity index (χ3n) is 4.03. The van der Waals surface area contributed by atoms with Crippen LogP contribution in [-0.4, -0.2) is 36.6 Å². The van der Waals surface area contributed by atoms with Crippen molar-refractivity contribution in [2.24, 2.45) is 5.10 Å². The summed E-state index contributed by atoms with van der Waals surface area (Å²) in [5.41, 5.74) is 4.58. The van der Waals surface area contributed by atoms with Crippen molar-refractivity contribution in [2.45, 2.75) is 25.8 Å². The Hall–Kier alpha value is -3.68. The molecule has 29 heavy (non-hydrogen) atoms. The zero-order valence-electron chi connectivity index (χ0n) is 16.0. The lowest BCUT2D eigenvalue weighted by Gasteiger charge is -2.08. The monoisotopic (exact) mass is 394 g/mol. The topological polar surface area (TPSA) is 109 Å². The molecule has 0 aliphatic heterocycles. The van der Waals surface area contributed by atoms with Crippen molar-refractivity contribution in [3.63, 3.8) is 0 Å². The van der Waals surface area contributed by atoms with E-state index in [2.05, 4.69) is 21.2 Å². The summed E-state index contributed by atoms with van der Waals surface area (Å²) in [6.45, 7) is 1.80. The molecule has 8 nitrogen and oxygen atoms in total.